The third-order valence-electron chi connectivity index (χ3n) is 1.53. The molecule has 0 saturated heterocycles. The second-order valence-corrected chi connectivity index (χ2v) is 3.15. The van der Waals surface area contributed by atoms with E-state index in [0.717, 1.165) is 12.1 Å². The monoisotopic (exact) mass is 186 g/mol. The van der Waals surface area contributed by atoms with Crippen molar-refractivity contribution in [3.05, 3.63) is 23.8 Å². The Balaban J connectivity index is 3.01. The molecule has 0 aliphatic heterocycles. The molecule has 1 aromatic rings. The van der Waals surface area contributed by atoms with Crippen LogP contribution in [0, 0.1) is 11.6 Å². The lowest BCUT2D eigenvalue weighted by atomic mass is 10.2. The van der Waals surface area contributed by atoms with Gasteiger partial charge >= 0.3 is 0 Å². The van der Waals surface area contributed by atoms with Crippen LogP contribution in [0.2, 0.25) is 0 Å². The standard InChI is InChI=1S/C9H12F2N2/c1-5(2)13-9-4-6(10)8(12)3-7(9)11/h3-5,13H,12H2,1-2H3. The van der Waals surface area contributed by atoms with Crippen molar-refractivity contribution >= 4 is 11.4 Å². The van der Waals surface area contributed by atoms with E-state index in [-0.39, 0.29) is 17.4 Å². The van der Waals surface area contributed by atoms with E-state index in [0.29, 0.717) is 0 Å². The summed E-state index contributed by atoms with van der Waals surface area (Å²) in [7, 11) is 0. The van der Waals surface area contributed by atoms with Crippen LogP contribution in [0.4, 0.5) is 20.2 Å². The zero-order chi connectivity index (χ0) is 10.0. The van der Waals surface area contributed by atoms with Gasteiger partial charge in [-0.25, -0.2) is 8.78 Å². The fraction of sp³-hybridized carbons (Fsp3) is 0.333. The van der Waals surface area contributed by atoms with Crippen LogP contribution in [-0.2, 0) is 0 Å². The summed E-state index contributed by atoms with van der Waals surface area (Å²) in [6.45, 7) is 3.68. The minimum absolute atomic E-state index is 0.0533. The smallest absolute Gasteiger partial charge is 0.148 e. The van der Waals surface area contributed by atoms with Crippen molar-refractivity contribution in [2.75, 3.05) is 11.1 Å². The van der Waals surface area contributed by atoms with Crippen LogP contribution >= 0.6 is 0 Å². The van der Waals surface area contributed by atoms with Gasteiger partial charge in [-0.05, 0) is 13.8 Å². The lowest BCUT2D eigenvalue weighted by Gasteiger charge is -2.11. The highest BCUT2D eigenvalue weighted by Crippen LogP contribution is 2.21. The highest BCUT2D eigenvalue weighted by atomic mass is 19.1. The maximum absolute atomic E-state index is 13.1. The predicted octanol–water partition coefficient (Wildman–Crippen LogP) is 2.37. The summed E-state index contributed by atoms with van der Waals surface area (Å²) in [4.78, 5) is 0. The highest BCUT2D eigenvalue weighted by Gasteiger charge is 2.07. The molecule has 0 radical (unpaired) electrons. The number of rotatable bonds is 2. The molecule has 0 aliphatic carbocycles. The second kappa shape index (κ2) is 3.60. The van der Waals surface area contributed by atoms with Gasteiger partial charge in [0, 0.05) is 18.2 Å². The Morgan fingerprint density at radius 1 is 1.23 bits per heavy atom. The summed E-state index contributed by atoms with van der Waals surface area (Å²) in [5.74, 6) is -1.14. The Bertz CT molecular complexity index is 311. The van der Waals surface area contributed by atoms with Gasteiger partial charge in [0.1, 0.15) is 11.6 Å². The number of nitrogen functional groups attached to an aromatic ring is 1. The van der Waals surface area contributed by atoms with Gasteiger partial charge < -0.3 is 11.1 Å². The summed E-state index contributed by atoms with van der Waals surface area (Å²) in [5.41, 5.74) is 5.14. The predicted molar refractivity (Wildman–Crippen MR) is 49.5 cm³/mol. The average molecular weight is 186 g/mol. The average Bonchev–Trinajstić information content (AvgIpc) is 1.99. The molecule has 0 heterocycles. The topological polar surface area (TPSA) is 38.0 Å². The molecule has 2 nitrogen and oxygen atoms in total. The van der Waals surface area contributed by atoms with E-state index in [9.17, 15) is 8.78 Å². The van der Waals surface area contributed by atoms with Crippen molar-refractivity contribution in [3.63, 3.8) is 0 Å². The Hall–Kier alpha value is -1.32. The van der Waals surface area contributed by atoms with E-state index in [2.05, 4.69) is 5.32 Å². The number of halogens is 2. The van der Waals surface area contributed by atoms with Crippen LogP contribution in [0.15, 0.2) is 12.1 Å². The van der Waals surface area contributed by atoms with Crippen LogP contribution in [-0.4, -0.2) is 6.04 Å². The molecule has 0 saturated carbocycles. The molecule has 13 heavy (non-hydrogen) atoms. The molecule has 0 amide bonds. The molecule has 0 spiro atoms. The maximum Gasteiger partial charge on any atom is 0.148 e. The van der Waals surface area contributed by atoms with Gasteiger partial charge in [0.25, 0.3) is 0 Å². The van der Waals surface area contributed by atoms with Crippen LogP contribution < -0.4 is 11.1 Å². The van der Waals surface area contributed by atoms with Gasteiger partial charge in [-0.15, -0.1) is 0 Å². The van der Waals surface area contributed by atoms with Crippen molar-refractivity contribution in [1.82, 2.24) is 0 Å². The van der Waals surface area contributed by atoms with E-state index in [4.69, 9.17) is 5.73 Å². The van der Waals surface area contributed by atoms with E-state index < -0.39 is 11.6 Å². The SMILES string of the molecule is CC(C)Nc1cc(F)c(N)cc1F. The van der Waals surface area contributed by atoms with Crippen LogP contribution in [0.3, 0.4) is 0 Å². The fourth-order valence-electron chi connectivity index (χ4n) is 0.984. The zero-order valence-corrected chi connectivity index (χ0v) is 7.57. The van der Waals surface area contributed by atoms with Gasteiger partial charge in [-0.2, -0.15) is 0 Å². The number of nitrogens with one attached hydrogen (secondary N) is 1. The molecule has 0 aliphatic rings. The molecule has 1 aromatic carbocycles. The van der Waals surface area contributed by atoms with Crippen molar-refractivity contribution in [1.29, 1.82) is 0 Å². The lowest BCUT2D eigenvalue weighted by Crippen LogP contribution is -2.11. The summed E-state index contributed by atoms with van der Waals surface area (Å²) in [5, 5.41) is 2.77. The molecular formula is C9H12F2N2. The van der Waals surface area contributed by atoms with Crippen molar-refractivity contribution in [2.24, 2.45) is 0 Å². The first-order valence-corrected chi connectivity index (χ1v) is 4.01. The first-order chi connectivity index (χ1) is 6.00. The Labute approximate surface area is 75.7 Å². The number of anilines is 2. The minimum Gasteiger partial charge on any atom is -0.396 e. The molecule has 0 atom stereocenters. The largest absolute Gasteiger partial charge is 0.396 e. The van der Waals surface area contributed by atoms with E-state index >= 15 is 0 Å². The normalized spacial score (nSPS) is 10.5. The van der Waals surface area contributed by atoms with Gasteiger partial charge in [0.2, 0.25) is 0 Å². The number of nitrogens with two attached hydrogens (primary N) is 1. The molecule has 0 aromatic heterocycles. The highest BCUT2D eigenvalue weighted by molar-refractivity contribution is 5.54. The Morgan fingerprint density at radius 3 is 2.38 bits per heavy atom. The van der Waals surface area contributed by atoms with Crippen molar-refractivity contribution in [3.8, 4) is 0 Å². The third-order valence-corrected chi connectivity index (χ3v) is 1.53. The quantitative estimate of drug-likeness (QED) is 0.696. The van der Waals surface area contributed by atoms with Gasteiger partial charge in [0.15, 0.2) is 0 Å². The molecule has 3 N–H and O–H groups in total. The molecule has 0 fully saturated rings. The van der Waals surface area contributed by atoms with Crippen molar-refractivity contribution < 1.29 is 8.78 Å². The van der Waals surface area contributed by atoms with Crippen molar-refractivity contribution in [2.45, 2.75) is 19.9 Å². The van der Waals surface area contributed by atoms with Crippen LogP contribution in [0.5, 0.6) is 0 Å². The van der Waals surface area contributed by atoms with Crippen LogP contribution in [0.1, 0.15) is 13.8 Å². The number of hydrogen-bond acceptors (Lipinski definition) is 2. The Kier molecular flexibility index (Phi) is 2.70. The maximum atomic E-state index is 13.1. The first-order valence-electron chi connectivity index (χ1n) is 4.01. The summed E-state index contributed by atoms with van der Waals surface area (Å²) >= 11 is 0. The summed E-state index contributed by atoms with van der Waals surface area (Å²) < 4.78 is 26.0. The van der Waals surface area contributed by atoms with E-state index in [1.165, 1.54) is 0 Å². The van der Waals surface area contributed by atoms with Gasteiger partial charge in [-0.1, -0.05) is 0 Å². The molecule has 4 heteroatoms. The molecular weight excluding hydrogens is 174 g/mol. The molecule has 1 rings (SSSR count). The third kappa shape index (κ3) is 2.31. The lowest BCUT2D eigenvalue weighted by molar-refractivity contribution is 0.605. The van der Waals surface area contributed by atoms with Gasteiger partial charge in [0.05, 0.1) is 11.4 Å². The summed E-state index contributed by atoms with van der Waals surface area (Å²) in [6, 6.07) is 2.09. The number of benzene rings is 1. The van der Waals surface area contributed by atoms with Gasteiger partial charge in [-0.3, -0.25) is 0 Å². The fourth-order valence-corrected chi connectivity index (χ4v) is 0.984. The molecule has 0 unspecified atom stereocenters. The first kappa shape index (κ1) is 9.77. The summed E-state index contributed by atoms with van der Waals surface area (Å²) in [6.07, 6.45) is 0. The molecule has 72 valence electrons. The van der Waals surface area contributed by atoms with E-state index in [1.807, 2.05) is 13.8 Å². The second-order valence-electron chi connectivity index (χ2n) is 3.15. The number of hydrogen-bond donors (Lipinski definition) is 2. The Morgan fingerprint density at radius 2 is 1.85 bits per heavy atom. The zero-order valence-electron chi connectivity index (χ0n) is 7.57. The minimum atomic E-state index is -0.607. The molecule has 0 bridgehead atoms. The van der Waals surface area contributed by atoms with Crippen LogP contribution in [0.25, 0.3) is 0 Å². The van der Waals surface area contributed by atoms with E-state index in [1.54, 1.807) is 0 Å².